The molecule has 0 saturated carbocycles. The standard InChI is InChI=1S/C35H43N8O7PS.C26H26N6O6S/c1-7-28-30(50-51(48-18-17-36-6)42(23(2)3)24(4)5)31(52-22-47-19-26-15-11-12-16-27(26)43(45)46)35(49-28)41-21-39-29-32(37-20-38-33(29)41)40-34(44)25-13-9-8-10-14-25;1-2-19-21(33)22(39-15-37-12-17-10-6-7-11-18(17)32(35)36)26(38-19)31-14-29-20-23(27-13-28-24(20)31)30-25(34)16-8-4-3-5-9-16/h8-16,20-21,23-24,28,30-31,35H,7,17-19,22H2,1-5H3,(H,37,38,40,44);3-11,13-14,19,21-22,26,33H,2,12,15H2,1H3,(H,27,28,30,34)/t28-,30+,31?,35-,51?;19-,21+,22?,26-/m11/s1. The van der Waals surface area contributed by atoms with E-state index in [4.69, 9.17) is 34.6 Å². The van der Waals surface area contributed by atoms with Crippen LogP contribution in [0.5, 0.6) is 0 Å². The lowest BCUT2D eigenvalue weighted by Gasteiger charge is -2.38. The van der Waals surface area contributed by atoms with Gasteiger partial charge in [0.05, 0.1) is 87.5 Å². The summed E-state index contributed by atoms with van der Waals surface area (Å²) in [6, 6.07) is 30.7. The Bertz CT molecular complexity index is 3790. The molecule has 6 heterocycles. The predicted molar refractivity (Wildman–Crippen MR) is 343 cm³/mol. The molecule has 10 rings (SSSR count). The van der Waals surface area contributed by atoms with E-state index in [1.165, 1.54) is 48.3 Å². The zero-order chi connectivity index (χ0) is 64.6. The lowest BCUT2D eigenvalue weighted by molar-refractivity contribution is -0.386. The Morgan fingerprint density at radius 1 is 0.681 bits per heavy atom. The third-order valence-electron chi connectivity index (χ3n) is 14.6. The van der Waals surface area contributed by atoms with Crippen molar-refractivity contribution in [1.82, 2.24) is 43.7 Å². The predicted octanol–water partition coefficient (Wildman–Crippen LogP) is 11.2. The van der Waals surface area contributed by atoms with E-state index in [9.17, 15) is 34.9 Å². The second kappa shape index (κ2) is 32.3. The molecule has 3 N–H and O–H groups in total. The second-order valence-corrected chi connectivity index (χ2v) is 24.9. The first-order chi connectivity index (χ1) is 44.1. The van der Waals surface area contributed by atoms with Crippen molar-refractivity contribution >= 4 is 89.2 Å². The van der Waals surface area contributed by atoms with Crippen molar-refractivity contribution in [2.75, 3.05) is 35.7 Å². The van der Waals surface area contributed by atoms with Gasteiger partial charge in [-0.3, -0.25) is 39.0 Å². The van der Waals surface area contributed by atoms with Crippen LogP contribution in [0.25, 0.3) is 27.2 Å². The molecule has 478 valence electrons. The number of nitrogens with zero attached hydrogens (tertiary/aromatic N) is 12. The number of carbonyl (C=O) groups excluding carboxylic acids is 2. The fourth-order valence-corrected chi connectivity index (χ4v) is 14.4. The summed E-state index contributed by atoms with van der Waals surface area (Å²) in [6.07, 6.45) is 3.73. The van der Waals surface area contributed by atoms with Crippen molar-refractivity contribution in [2.45, 2.75) is 127 Å². The van der Waals surface area contributed by atoms with Gasteiger partial charge >= 0.3 is 0 Å². The molecule has 0 bridgehead atoms. The van der Waals surface area contributed by atoms with Gasteiger partial charge in [-0.05, 0) is 76.9 Å². The molecular weight excluding hydrogens is 1230 g/mol. The molecule has 2 amide bonds. The van der Waals surface area contributed by atoms with Gasteiger partial charge in [0.25, 0.3) is 31.7 Å². The summed E-state index contributed by atoms with van der Waals surface area (Å²) >= 11 is 2.80. The molecule has 30 heteroatoms. The van der Waals surface area contributed by atoms with Gasteiger partial charge in [-0.1, -0.05) is 74.5 Å². The number of aliphatic hydroxyl groups excluding tert-OH is 1. The van der Waals surface area contributed by atoms with Crippen LogP contribution in [0.2, 0.25) is 0 Å². The minimum absolute atomic E-state index is 0.00427. The number of amides is 2. The molecule has 4 aromatic heterocycles. The zero-order valence-corrected chi connectivity index (χ0v) is 53.1. The van der Waals surface area contributed by atoms with Crippen LogP contribution in [-0.4, -0.2) is 143 Å². The van der Waals surface area contributed by atoms with Crippen LogP contribution < -0.4 is 10.6 Å². The number of rotatable bonds is 28. The van der Waals surface area contributed by atoms with Gasteiger partial charge in [-0.2, -0.15) is 0 Å². The van der Waals surface area contributed by atoms with E-state index >= 15 is 0 Å². The summed E-state index contributed by atoms with van der Waals surface area (Å²) < 4.78 is 43.7. The minimum Gasteiger partial charge on any atom is -0.389 e. The Morgan fingerprint density at radius 3 is 1.59 bits per heavy atom. The van der Waals surface area contributed by atoms with Crippen LogP contribution in [0.1, 0.15) is 98.7 Å². The average Bonchev–Trinajstić information content (AvgIpc) is 1.66. The summed E-state index contributed by atoms with van der Waals surface area (Å²) in [5.74, 6) is 0.199. The van der Waals surface area contributed by atoms with Crippen LogP contribution in [0.3, 0.4) is 0 Å². The first kappa shape index (κ1) is 67.4. The van der Waals surface area contributed by atoms with Crippen LogP contribution in [-0.2, 0) is 41.2 Å². The first-order valence-electron chi connectivity index (χ1n) is 29.2. The number of hydrogen-bond acceptors (Lipinski definition) is 22. The number of benzene rings is 4. The summed E-state index contributed by atoms with van der Waals surface area (Å²) in [4.78, 5) is 77.7. The van der Waals surface area contributed by atoms with Crippen molar-refractivity contribution in [3.05, 3.63) is 188 Å². The van der Waals surface area contributed by atoms with E-state index in [1.807, 2.05) is 30.5 Å². The van der Waals surface area contributed by atoms with Gasteiger partial charge < -0.3 is 48.6 Å². The van der Waals surface area contributed by atoms with E-state index in [2.05, 4.69) is 77.7 Å². The van der Waals surface area contributed by atoms with Gasteiger partial charge in [0.1, 0.15) is 25.4 Å². The second-order valence-electron chi connectivity index (χ2n) is 21.2. The van der Waals surface area contributed by atoms with Gasteiger partial charge in [0, 0.05) is 35.3 Å². The molecule has 4 aromatic carbocycles. The highest BCUT2D eigenvalue weighted by molar-refractivity contribution is 8.00. The van der Waals surface area contributed by atoms with Gasteiger partial charge in [0.2, 0.25) is 6.54 Å². The number of fused-ring (bicyclic) bond motifs is 2. The fraction of sp³-hybridized carbons (Fsp3) is 0.393. The Labute approximate surface area is 534 Å². The third-order valence-corrected chi connectivity index (χ3v) is 19.2. The molecule has 91 heavy (non-hydrogen) atoms. The average molecular weight is 1300 g/mol. The van der Waals surface area contributed by atoms with E-state index in [1.54, 1.807) is 102 Å². The molecule has 27 nitrogen and oxygen atoms in total. The number of imidazole rings is 2. The van der Waals surface area contributed by atoms with Crippen LogP contribution in [0.15, 0.2) is 135 Å². The Balaban J connectivity index is 0.000000224. The van der Waals surface area contributed by atoms with Crippen molar-refractivity contribution in [3.63, 3.8) is 0 Å². The lowest BCUT2D eigenvalue weighted by atomic mass is 10.1. The van der Waals surface area contributed by atoms with Crippen molar-refractivity contribution in [2.24, 2.45) is 0 Å². The number of nitro benzene ring substituents is 2. The van der Waals surface area contributed by atoms with Crippen LogP contribution in [0, 0.1) is 26.8 Å². The molecule has 2 fully saturated rings. The normalized spacial score (nSPS) is 20.0. The summed E-state index contributed by atoms with van der Waals surface area (Å²) in [5.41, 5.74) is 3.54. The highest BCUT2D eigenvalue weighted by Gasteiger charge is 2.49. The third kappa shape index (κ3) is 16.4. The van der Waals surface area contributed by atoms with Gasteiger partial charge in [0.15, 0.2) is 46.4 Å². The van der Waals surface area contributed by atoms with Gasteiger partial charge in [-0.15, -0.1) is 23.5 Å². The summed E-state index contributed by atoms with van der Waals surface area (Å²) in [6.45, 7) is 20.1. The Kier molecular flexibility index (Phi) is 24.0. The quantitative estimate of drug-likeness (QED) is 0.0102. The molecule has 9 atom stereocenters. The zero-order valence-electron chi connectivity index (χ0n) is 50.6. The molecular formula is C61H69N14O13PS2. The molecule has 0 radical (unpaired) electrons. The first-order valence-corrected chi connectivity index (χ1v) is 32.5. The Hall–Kier alpha value is -7.98. The maximum absolute atomic E-state index is 13.0. The molecule has 2 saturated heterocycles. The molecule has 2 aliphatic rings. The molecule has 0 spiro atoms. The van der Waals surface area contributed by atoms with Crippen molar-refractivity contribution < 1.29 is 52.5 Å². The topological polar surface area (TPSA) is 315 Å². The van der Waals surface area contributed by atoms with E-state index in [0.29, 0.717) is 57.4 Å². The van der Waals surface area contributed by atoms with E-state index in [-0.39, 0.29) is 96.5 Å². The number of aromatic nitrogens is 8. The number of nitrogens with one attached hydrogen (secondary N) is 2. The number of nitro groups is 2. The number of anilines is 2. The number of para-hydroxylation sites is 2. The number of hydrogen-bond donors (Lipinski definition) is 3. The monoisotopic (exact) mass is 1300 g/mol. The number of aliphatic hydroxyl groups is 1. The maximum Gasteiger partial charge on any atom is 0.274 e. The number of thioether (sulfide) groups is 2. The molecule has 2 aliphatic heterocycles. The molecule has 3 unspecified atom stereocenters. The minimum atomic E-state index is -1.62. The van der Waals surface area contributed by atoms with E-state index in [0.717, 1.165) is 0 Å². The largest absolute Gasteiger partial charge is 0.389 e. The van der Waals surface area contributed by atoms with E-state index < -0.39 is 54.4 Å². The number of carbonyl (C=O) groups is 2. The van der Waals surface area contributed by atoms with Crippen LogP contribution in [0.4, 0.5) is 23.0 Å². The number of ether oxygens (including phenoxy) is 4. The smallest absolute Gasteiger partial charge is 0.274 e. The molecule has 8 aromatic rings. The van der Waals surface area contributed by atoms with Gasteiger partial charge in [-0.25, -0.2) is 41.1 Å². The summed E-state index contributed by atoms with van der Waals surface area (Å²) in [7, 11) is -1.62. The summed E-state index contributed by atoms with van der Waals surface area (Å²) in [5, 5.41) is 38.7. The van der Waals surface area contributed by atoms with Crippen molar-refractivity contribution in [3.8, 4) is 0 Å². The maximum atomic E-state index is 13.0. The molecule has 0 aliphatic carbocycles. The highest BCUT2D eigenvalue weighted by Crippen LogP contribution is 2.53. The SMILES string of the molecule is CC[C@H]1O[C@@H](n2cnc3c(NC(=O)c4ccccc4)ncnc32)C(SCOCc2ccccc2[N+](=O)[O-])[C@H]1O.[C-]#[N+]CCOP(O[C@@H]1C(SCOCc2ccccc2[N+](=O)[O-])[C@H](n2cnc3c(NC(=O)c4ccccc4)ncnc32)O[C@@H]1CC)N(C(C)C)C(C)C. The van der Waals surface area contributed by atoms with Crippen LogP contribution >= 0.6 is 32.0 Å². The highest BCUT2D eigenvalue weighted by atomic mass is 32.2. The lowest BCUT2D eigenvalue weighted by Crippen LogP contribution is -2.38. The van der Waals surface area contributed by atoms with Crippen molar-refractivity contribution in [1.29, 1.82) is 0 Å². The fourth-order valence-electron chi connectivity index (χ4n) is 10.4. The Morgan fingerprint density at radius 2 is 1.13 bits per heavy atom.